The zero-order valence-corrected chi connectivity index (χ0v) is 11.2. The topological polar surface area (TPSA) is 38.9 Å². The smallest absolute Gasteiger partial charge is 0.0763 e. The quantitative estimate of drug-likeness (QED) is 0.846. The highest BCUT2D eigenvalue weighted by Crippen LogP contribution is 2.33. The molecular weight excluding hydrogens is 240 g/mol. The molecule has 0 saturated heterocycles. The van der Waals surface area contributed by atoms with Gasteiger partial charge >= 0.3 is 0 Å². The van der Waals surface area contributed by atoms with E-state index in [0.717, 1.165) is 27.6 Å². The van der Waals surface area contributed by atoms with Crippen molar-refractivity contribution in [3.05, 3.63) is 36.0 Å². The summed E-state index contributed by atoms with van der Waals surface area (Å²) in [5, 5.41) is 1.93. The second-order valence-electron chi connectivity index (χ2n) is 4.93. The third-order valence-electron chi connectivity index (χ3n) is 3.66. The molecule has 0 spiro atoms. The third kappa shape index (κ3) is 2.32. The first-order valence-electron chi connectivity index (χ1n) is 6.58. The molecule has 2 nitrogen and oxygen atoms in total. The summed E-state index contributed by atoms with van der Waals surface area (Å²) in [7, 11) is 0. The minimum absolute atomic E-state index is 0.827. The summed E-state index contributed by atoms with van der Waals surface area (Å²) in [4.78, 5) is 4.49. The van der Waals surface area contributed by atoms with E-state index in [1.165, 1.54) is 31.2 Å². The van der Waals surface area contributed by atoms with Crippen molar-refractivity contribution in [1.82, 2.24) is 4.98 Å². The molecule has 94 valence electrons. The molecule has 0 amide bonds. The van der Waals surface area contributed by atoms with Gasteiger partial charge in [-0.3, -0.25) is 4.98 Å². The van der Waals surface area contributed by atoms with Crippen molar-refractivity contribution in [2.45, 2.75) is 36.7 Å². The van der Waals surface area contributed by atoms with Crippen LogP contribution in [0.3, 0.4) is 0 Å². The maximum atomic E-state index is 6.00. The molecule has 1 aromatic heterocycles. The van der Waals surface area contributed by atoms with Crippen LogP contribution in [0.1, 0.15) is 31.2 Å². The normalized spacial score (nSPS) is 16.4. The Kier molecular flexibility index (Phi) is 3.41. The second-order valence-corrected chi connectivity index (χ2v) is 6.22. The summed E-state index contributed by atoms with van der Waals surface area (Å²) in [6.45, 7) is 0. The van der Waals surface area contributed by atoms with E-state index < -0.39 is 0 Å². The highest BCUT2D eigenvalue weighted by atomic mass is 32.2. The van der Waals surface area contributed by atoms with Crippen LogP contribution in [0.25, 0.3) is 10.9 Å². The van der Waals surface area contributed by atoms with Crippen LogP contribution >= 0.6 is 11.8 Å². The Morgan fingerprint density at radius 1 is 1.22 bits per heavy atom. The second kappa shape index (κ2) is 5.19. The Morgan fingerprint density at radius 2 is 2.06 bits per heavy atom. The van der Waals surface area contributed by atoms with Crippen molar-refractivity contribution in [2.24, 2.45) is 0 Å². The molecule has 2 N–H and O–H groups in total. The fourth-order valence-electron chi connectivity index (χ4n) is 2.63. The lowest BCUT2D eigenvalue weighted by atomic mass is 10.1. The SMILES string of the molecule is Nc1ccc(CSC2CCCC2)c2ncccc12. The Balaban J connectivity index is 1.85. The lowest BCUT2D eigenvalue weighted by Crippen LogP contribution is -1.97. The third-order valence-corrected chi connectivity index (χ3v) is 5.08. The van der Waals surface area contributed by atoms with E-state index in [2.05, 4.69) is 28.9 Å². The molecule has 3 heteroatoms. The first-order chi connectivity index (χ1) is 8.84. The molecule has 1 aromatic carbocycles. The minimum atomic E-state index is 0.827. The molecule has 2 aromatic rings. The summed E-state index contributed by atoms with van der Waals surface area (Å²) in [5.74, 6) is 1.05. The molecule has 1 heterocycles. The summed E-state index contributed by atoms with van der Waals surface area (Å²) in [5.41, 5.74) is 9.21. The highest BCUT2D eigenvalue weighted by molar-refractivity contribution is 7.99. The van der Waals surface area contributed by atoms with Gasteiger partial charge in [0, 0.05) is 28.3 Å². The molecule has 3 rings (SSSR count). The van der Waals surface area contributed by atoms with Crippen LogP contribution in [0, 0.1) is 0 Å². The first kappa shape index (κ1) is 11.8. The standard InChI is InChI=1S/C15H18N2S/c16-14-8-7-11(10-18-12-4-1-2-5-12)15-13(14)6-3-9-17-15/h3,6-9,12H,1-2,4-5,10,16H2. The fraction of sp³-hybridized carbons (Fsp3) is 0.400. The maximum Gasteiger partial charge on any atom is 0.0763 e. The van der Waals surface area contributed by atoms with Crippen molar-refractivity contribution >= 4 is 28.4 Å². The van der Waals surface area contributed by atoms with Crippen LogP contribution in [0.4, 0.5) is 5.69 Å². The lowest BCUT2D eigenvalue weighted by Gasteiger charge is -2.11. The van der Waals surface area contributed by atoms with Gasteiger partial charge in [-0.15, -0.1) is 0 Å². The number of nitrogens with zero attached hydrogens (tertiary/aromatic N) is 1. The molecule has 0 radical (unpaired) electrons. The largest absolute Gasteiger partial charge is 0.398 e. The van der Waals surface area contributed by atoms with Crippen LogP contribution in [-0.2, 0) is 5.75 Å². The van der Waals surface area contributed by atoms with Crippen molar-refractivity contribution < 1.29 is 0 Å². The monoisotopic (exact) mass is 258 g/mol. The van der Waals surface area contributed by atoms with Crippen LogP contribution in [-0.4, -0.2) is 10.2 Å². The fourth-order valence-corrected chi connectivity index (χ4v) is 3.95. The van der Waals surface area contributed by atoms with E-state index in [4.69, 9.17) is 5.73 Å². The number of hydrogen-bond acceptors (Lipinski definition) is 3. The average Bonchev–Trinajstić information content (AvgIpc) is 2.92. The van der Waals surface area contributed by atoms with Gasteiger partial charge in [-0.05, 0) is 36.6 Å². The number of thioether (sulfide) groups is 1. The number of rotatable bonds is 3. The summed E-state index contributed by atoms with van der Waals surface area (Å²) in [6.07, 6.45) is 7.41. The van der Waals surface area contributed by atoms with E-state index in [-0.39, 0.29) is 0 Å². The molecule has 1 aliphatic rings. The maximum absolute atomic E-state index is 6.00. The van der Waals surface area contributed by atoms with Crippen molar-refractivity contribution in [3.8, 4) is 0 Å². The number of hydrogen-bond donors (Lipinski definition) is 1. The average molecular weight is 258 g/mol. The molecule has 0 unspecified atom stereocenters. The van der Waals surface area contributed by atoms with Gasteiger partial charge in [-0.1, -0.05) is 18.9 Å². The molecule has 0 aliphatic heterocycles. The van der Waals surface area contributed by atoms with Crippen LogP contribution in [0.15, 0.2) is 30.5 Å². The van der Waals surface area contributed by atoms with E-state index in [1.807, 2.05) is 18.3 Å². The van der Waals surface area contributed by atoms with Gasteiger partial charge in [-0.2, -0.15) is 11.8 Å². The Hall–Kier alpha value is -1.22. The Labute approximate surface area is 112 Å². The van der Waals surface area contributed by atoms with E-state index in [0.29, 0.717) is 0 Å². The molecular formula is C15H18N2S. The zero-order valence-electron chi connectivity index (χ0n) is 10.4. The molecule has 0 bridgehead atoms. The molecule has 18 heavy (non-hydrogen) atoms. The number of nitrogens with two attached hydrogens (primary N) is 1. The number of nitrogen functional groups attached to an aromatic ring is 1. The molecule has 1 saturated carbocycles. The van der Waals surface area contributed by atoms with Gasteiger partial charge in [-0.25, -0.2) is 0 Å². The number of fused-ring (bicyclic) bond motifs is 1. The van der Waals surface area contributed by atoms with Crippen molar-refractivity contribution in [1.29, 1.82) is 0 Å². The number of aromatic nitrogens is 1. The first-order valence-corrected chi connectivity index (χ1v) is 7.63. The van der Waals surface area contributed by atoms with Gasteiger partial charge in [0.05, 0.1) is 5.52 Å². The molecule has 0 atom stereocenters. The molecule has 1 fully saturated rings. The van der Waals surface area contributed by atoms with Crippen molar-refractivity contribution in [3.63, 3.8) is 0 Å². The van der Waals surface area contributed by atoms with Gasteiger partial charge < -0.3 is 5.73 Å². The predicted molar refractivity (Wildman–Crippen MR) is 79.7 cm³/mol. The van der Waals surface area contributed by atoms with Gasteiger partial charge in [0.2, 0.25) is 0 Å². The van der Waals surface area contributed by atoms with Gasteiger partial charge in [0.25, 0.3) is 0 Å². The van der Waals surface area contributed by atoms with E-state index >= 15 is 0 Å². The Morgan fingerprint density at radius 3 is 2.89 bits per heavy atom. The summed E-state index contributed by atoms with van der Waals surface area (Å²) >= 11 is 2.08. The van der Waals surface area contributed by atoms with E-state index in [9.17, 15) is 0 Å². The van der Waals surface area contributed by atoms with Gasteiger partial charge in [0.1, 0.15) is 0 Å². The van der Waals surface area contributed by atoms with E-state index in [1.54, 1.807) is 0 Å². The molecule has 1 aliphatic carbocycles. The zero-order chi connectivity index (χ0) is 12.4. The lowest BCUT2D eigenvalue weighted by molar-refractivity contribution is 0.886. The number of benzene rings is 1. The summed E-state index contributed by atoms with van der Waals surface area (Å²) in [6, 6.07) is 8.15. The van der Waals surface area contributed by atoms with Gasteiger partial charge in [0.15, 0.2) is 0 Å². The Bertz CT molecular complexity index is 547. The highest BCUT2D eigenvalue weighted by Gasteiger charge is 2.16. The predicted octanol–water partition coefficient (Wildman–Crippen LogP) is 3.99. The van der Waals surface area contributed by atoms with Crippen LogP contribution < -0.4 is 5.73 Å². The van der Waals surface area contributed by atoms with Crippen molar-refractivity contribution in [2.75, 3.05) is 5.73 Å². The summed E-state index contributed by atoms with van der Waals surface area (Å²) < 4.78 is 0. The number of anilines is 1. The van der Waals surface area contributed by atoms with Crippen LogP contribution in [0.5, 0.6) is 0 Å². The minimum Gasteiger partial charge on any atom is -0.398 e. The van der Waals surface area contributed by atoms with Crippen LogP contribution in [0.2, 0.25) is 0 Å². The number of pyridine rings is 1.